The first-order valence-electron chi connectivity index (χ1n) is 1.80. The first kappa shape index (κ1) is 33.0. The molecule has 0 aliphatic carbocycles. The van der Waals surface area contributed by atoms with Gasteiger partial charge >= 0.3 is 7.32 Å². The van der Waals surface area contributed by atoms with Gasteiger partial charge in [0.05, 0.1) is 0 Å². The fourth-order valence-corrected chi connectivity index (χ4v) is 0. The van der Waals surface area contributed by atoms with Crippen molar-refractivity contribution in [2.45, 2.75) is 6.92 Å². The summed E-state index contributed by atoms with van der Waals surface area (Å²) in [6, 6.07) is 0. The van der Waals surface area contributed by atoms with Gasteiger partial charge in [-0.3, -0.25) is 0 Å². The fourth-order valence-electron chi connectivity index (χ4n) is 0. The normalized spacial score (nSPS) is 4.50. The van der Waals surface area contributed by atoms with Gasteiger partial charge in [-0.05, 0) is 6.92 Å². The van der Waals surface area contributed by atoms with Gasteiger partial charge in [0.25, 0.3) is 0 Å². The Kier molecular flexibility index (Phi) is 123. The highest BCUT2D eigenvalue weighted by molar-refractivity contribution is 6.30. The second-order valence-corrected chi connectivity index (χ2v) is 0.663. The Morgan fingerprint density at radius 1 is 1.00 bits per heavy atom. The maximum Gasteiger partial charge on any atom is 0.631 e. The first-order chi connectivity index (χ1) is 3.15. The molecule has 0 spiro atoms. The van der Waals surface area contributed by atoms with Gasteiger partial charge in [-0.2, -0.15) is 0 Å². The van der Waals surface area contributed by atoms with Crippen molar-refractivity contribution in [3.8, 4) is 0 Å². The van der Waals surface area contributed by atoms with Gasteiger partial charge in [-0.1, -0.05) is 0 Å². The van der Waals surface area contributed by atoms with Gasteiger partial charge in [-0.15, -0.1) is 0 Å². The van der Waals surface area contributed by atoms with Crippen molar-refractivity contribution in [2.75, 3.05) is 6.61 Å². The van der Waals surface area contributed by atoms with Crippen LogP contribution in [0.1, 0.15) is 6.92 Å². The molecule has 0 aromatic carbocycles. The van der Waals surface area contributed by atoms with Gasteiger partial charge in [0.2, 0.25) is 0 Å². The molecule has 10 heavy (non-hydrogen) atoms. The van der Waals surface area contributed by atoms with Crippen molar-refractivity contribution in [3.05, 3.63) is 0 Å². The molecule has 0 saturated carbocycles. The number of hydrogen-bond acceptors (Lipinski definition) is 7. The molecular weight excluding hydrogens is 141 g/mol. The lowest BCUT2D eigenvalue weighted by atomic mass is 10.3. The van der Waals surface area contributed by atoms with Crippen LogP contribution in [0.2, 0.25) is 0 Å². The summed E-state index contributed by atoms with van der Waals surface area (Å²) in [5.41, 5.74) is 0. The Morgan fingerprint density at radius 3 is 1.00 bits per heavy atom. The Labute approximate surface area is 60.6 Å². The van der Waals surface area contributed by atoms with E-state index in [1.165, 1.54) is 0 Å². The standard InChI is InChI=1S/C2H6O.BH3O3.3H3N/c1-2-3;2-1(3)4;;;/h3H,2H2,1H3;2-4H;3*1H3. The van der Waals surface area contributed by atoms with Crippen LogP contribution in [0.4, 0.5) is 0 Å². The molecule has 0 aromatic heterocycles. The van der Waals surface area contributed by atoms with Crippen LogP contribution in [-0.2, 0) is 0 Å². The molecule has 0 aliphatic heterocycles. The second-order valence-electron chi connectivity index (χ2n) is 0.663. The molecule has 8 heteroatoms. The van der Waals surface area contributed by atoms with E-state index >= 15 is 0 Å². The monoisotopic (exact) mass is 159 g/mol. The van der Waals surface area contributed by atoms with Crippen molar-refractivity contribution >= 4 is 7.32 Å². The van der Waals surface area contributed by atoms with Crippen LogP contribution in [0, 0.1) is 0 Å². The predicted molar refractivity (Wildman–Crippen MR) is 40.2 cm³/mol. The number of hydrogen-bond donors (Lipinski definition) is 7. The minimum Gasteiger partial charge on any atom is -0.402 e. The topological polar surface area (TPSA) is 186 Å². The molecule has 0 unspecified atom stereocenters. The average Bonchev–Trinajstić information content (AvgIpc) is 1.33. The van der Waals surface area contributed by atoms with Crippen LogP contribution in [0.25, 0.3) is 0 Å². The fraction of sp³-hybridized carbons (Fsp3) is 1.00. The van der Waals surface area contributed by atoms with Crippen molar-refractivity contribution < 1.29 is 20.2 Å². The zero-order valence-corrected chi connectivity index (χ0v) is 6.19. The van der Waals surface area contributed by atoms with Crippen molar-refractivity contribution in [2.24, 2.45) is 0 Å². The molecule has 13 N–H and O–H groups in total. The SMILES string of the molecule is CCO.N.N.N.OB(O)O. The minimum absolute atomic E-state index is 0. The lowest BCUT2D eigenvalue weighted by molar-refractivity contribution is 0.278. The van der Waals surface area contributed by atoms with Crippen LogP contribution in [-0.4, -0.2) is 34.1 Å². The molecule has 0 radical (unpaired) electrons. The molecule has 0 fully saturated rings. The van der Waals surface area contributed by atoms with Crippen molar-refractivity contribution in [1.29, 1.82) is 0 Å². The van der Waals surface area contributed by atoms with Crippen molar-refractivity contribution in [1.82, 2.24) is 18.5 Å². The average molecular weight is 159 g/mol. The Hall–Kier alpha value is -0.215. The van der Waals surface area contributed by atoms with E-state index in [9.17, 15) is 0 Å². The Morgan fingerprint density at radius 2 is 1.00 bits per heavy atom. The Balaban J connectivity index is -0.0000000131. The highest BCUT2D eigenvalue weighted by Gasteiger charge is 1.92. The highest BCUT2D eigenvalue weighted by Crippen LogP contribution is 1.40. The third-order valence-corrected chi connectivity index (χ3v) is 0. The summed E-state index contributed by atoms with van der Waals surface area (Å²) >= 11 is 0. The van der Waals surface area contributed by atoms with Crippen LogP contribution >= 0.6 is 0 Å². The zero-order chi connectivity index (χ0) is 6.28. The quantitative estimate of drug-likeness (QED) is 0.208. The molecule has 68 valence electrons. The van der Waals surface area contributed by atoms with E-state index in [2.05, 4.69) is 0 Å². The summed E-state index contributed by atoms with van der Waals surface area (Å²) in [7, 11) is -2.17. The molecule has 0 amide bonds. The van der Waals surface area contributed by atoms with E-state index in [-0.39, 0.29) is 25.1 Å². The molecule has 7 nitrogen and oxygen atoms in total. The number of rotatable bonds is 0. The maximum absolute atomic E-state index is 7.57. The first-order valence-corrected chi connectivity index (χ1v) is 1.80. The summed E-state index contributed by atoms with van der Waals surface area (Å²) in [5.74, 6) is 0. The molecular formula is C2H18BN3O4. The predicted octanol–water partition coefficient (Wildman–Crippen LogP) is -1.57. The van der Waals surface area contributed by atoms with Crippen LogP contribution < -0.4 is 18.5 Å². The zero-order valence-electron chi connectivity index (χ0n) is 6.19. The largest absolute Gasteiger partial charge is 0.631 e. The van der Waals surface area contributed by atoms with E-state index in [4.69, 9.17) is 20.2 Å². The summed E-state index contributed by atoms with van der Waals surface area (Å²) < 4.78 is 0. The van der Waals surface area contributed by atoms with E-state index in [1.54, 1.807) is 6.92 Å². The minimum atomic E-state index is -2.17. The molecule has 0 rings (SSSR count). The van der Waals surface area contributed by atoms with Crippen LogP contribution in [0.15, 0.2) is 0 Å². The molecule has 0 bridgehead atoms. The van der Waals surface area contributed by atoms with E-state index in [1.807, 2.05) is 0 Å². The summed E-state index contributed by atoms with van der Waals surface area (Å²) in [6.45, 7) is 1.93. The number of aliphatic hydroxyl groups excluding tert-OH is 1. The molecule has 0 aliphatic rings. The highest BCUT2D eigenvalue weighted by atomic mass is 16.5. The van der Waals surface area contributed by atoms with Gasteiger partial charge in [0, 0.05) is 6.61 Å². The lowest BCUT2D eigenvalue weighted by Gasteiger charge is -1.69. The molecule has 0 aromatic rings. The van der Waals surface area contributed by atoms with Crippen LogP contribution in [0.3, 0.4) is 0 Å². The van der Waals surface area contributed by atoms with E-state index < -0.39 is 7.32 Å². The van der Waals surface area contributed by atoms with Crippen LogP contribution in [0.5, 0.6) is 0 Å². The number of aliphatic hydroxyl groups is 1. The molecule has 0 heterocycles. The third-order valence-electron chi connectivity index (χ3n) is 0. The molecule has 0 saturated heterocycles. The summed E-state index contributed by atoms with van der Waals surface area (Å²) in [5, 5.41) is 29.1. The lowest BCUT2D eigenvalue weighted by Crippen LogP contribution is -2.07. The van der Waals surface area contributed by atoms with Gasteiger partial charge in [0.1, 0.15) is 0 Å². The second kappa shape index (κ2) is 37.2. The van der Waals surface area contributed by atoms with E-state index in [0.29, 0.717) is 0 Å². The summed E-state index contributed by atoms with van der Waals surface area (Å²) in [6.07, 6.45) is 0. The maximum atomic E-state index is 7.57. The van der Waals surface area contributed by atoms with Gasteiger partial charge in [-0.25, -0.2) is 0 Å². The molecule has 0 atom stereocenters. The van der Waals surface area contributed by atoms with E-state index in [0.717, 1.165) is 0 Å². The smallest absolute Gasteiger partial charge is 0.402 e. The van der Waals surface area contributed by atoms with Gasteiger partial charge < -0.3 is 38.6 Å². The third kappa shape index (κ3) is 7750. The Bertz CT molecular complexity index is 29.7. The van der Waals surface area contributed by atoms with Crippen molar-refractivity contribution in [3.63, 3.8) is 0 Å². The van der Waals surface area contributed by atoms with Gasteiger partial charge in [0.15, 0.2) is 0 Å². The summed E-state index contributed by atoms with van der Waals surface area (Å²) in [4.78, 5) is 0.